The van der Waals surface area contributed by atoms with Gasteiger partial charge in [0.1, 0.15) is 6.04 Å². The van der Waals surface area contributed by atoms with Crippen molar-refractivity contribution in [3.63, 3.8) is 0 Å². The van der Waals surface area contributed by atoms with E-state index < -0.39 is 24.7 Å². The van der Waals surface area contributed by atoms with Crippen LogP contribution in [0, 0.1) is 0 Å². The average Bonchev–Trinajstić information content (AvgIpc) is 2.25. The van der Waals surface area contributed by atoms with Crippen LogP contribution in [0.5, 0.6) is 0 Å². The number of carboxylic acids is 1. The number of aliphatic carboxylic acids is 1. The summed E-state index contributed by atoms with van der Waals surface area (Å²) in [4.78, 5) is 12.7. The Balaban J connectivity index is 4.13. The second kappa shape index (κ2) is 8.50. The van der Waals surface area contributed by atoms with Crippen molar-refractivity contribution >= 4 is 5.97 Å². The first kappa shape index (κ1) is 15.3. The summed E-state index contributed by atoms with van der Waals surface area (Å²) < 4.78 is 0. The molecule has 2 atom stereocenters. The summed E-state index contributed by atoms with van der Waals surface area (Å²) in [5, 5.41) is 27.0. The fraction of sp³-hybridized carbons (Fsp3) is 0.909. The zero-order valence-electron chi connectivity index (χ0n) is 10.1. The molecule has 0 aromatic rings. The number of hydrogen-bond donors (Lipinski definition) is 3. The zero-order valence-corrected chi connectivity index (χ0v) is 10.1. The van der Waals surface area contributed by atoms with Gasteiger partial charge in [-0.2, -0.15) is 0 Å². The van der Waals surface area contributed by atoms with Crippen LogP contribution in [0.25, 0.3) is 0 Å². The number of nitrogens with zero attached hydrogens (tertiary/aromatic N) is 1. The maximum atomic E-state index is 11.0. The summed E-state index contributed by atoms with van der Waals surface area (Å²) in [6.07, 6.45) is 2.21. The minimum atomic E-state index is -0.963. The van der Waals surface area contributed by atoms with E-state index in [0.29, 0.717) is 6.54 Å². The molecule has 0 spiro atoms. The van der Waals surface area contributed by atoms with Crippen molar-refractivity contribution in [2.45, 2.75) is 44.8 Å². The quantitative estimate of drug-likeness (QED) is 0.499. The van der Waals surface area contributed by atoms with Gasteiger partial charge >= 0.3 is 5.97 Å². The van der Waals surface area contributed by atoms with E-state index in [9.17, 15) is 9.90 Å². The van der Waals surface area contributed by atoms with E-state index in [1.807, 2.05) is 0 Å². The Morgan fingerprint density at radius 3 is 2.44 bits per heavy atom. The van der Waals surface area contributed by atoms with Gasteiger partial charge in [0.15, 0.2) is 0 Å². The number of likely N-dealkylation sites (N-methyl/N-ethyl adjacent to an activating group) is 1. The highest BCUT2D eigenvalue weighted by Gasteiger charge is 2.24. The van der Waals surface area contributed by atoms with E-state index in [4.69, 9.17) is 10.2 Å². The Morgan fingerprint density at radius 1 is 1.38 bits per heavy atom. The molecule has 0 aromatic carbocycles. The molecule has 0 radical (unpaired) electrons. The average molecular weight is 233 g/mol. The first-order valence-electron chi connectivity index (χ1n) is 5.74. The van der Waals surface area contributed by atoms with Gasteiger partial charge in [-0.25, -0.2) is 0 Å². The van der Waals surface area contributed by atoms with Crippen LogP contribution in [0.1, 0.15) is 32.6 Å². The second-order valence-corrected chi connectivity index (χ2v) is 4.11. The molecule has 16 heavy (non-hydrogen) atoms. The smallest absolute Gasteiger partial charge is 0.321 e. The molecule has 0 saturated carbocycles. The summed E-state index contributed by atoms with van der Waals surface area (Å²) in [5.41, 5.74) is 0. The number of carbonyl (C=O) groups is 1. The van der Waals surface area contributed by atoms with Crippen LogP contribution < -0.4 is 0 Å². The molecule has 0 rings (SSSR count). The number of aliphatic hydroxyl groups is 2. The third kappa shape index (κ3) is 6.05. The Bertz CT molecular complexity index is 198. The molecular weight excluding hydrogens is 210 g/mol. The molecule has 0 amide bonds. The summed E-state index contributed by atoms with van der Waals surface area (Å²) in [5.74, 6) is -0.952. The summed E-state index contributed by atoms with van der Waals surface area (Å²) >= 11 is 0. The molecule has 96 valence electrons. The minimum Gasteiger partial charge on any atom is -0.480 e. The highest BCUT2D eigenvalue weighted by atomic mass is 16.4. The van der Waals surface area contributed by atoms with Gasteiger partial charge < -0.3 is 15.3 Å². The van der Waals surface area contributed by atoms with Crippen LogP contribution in [0.3, 0.4) is 0 Å². The molecule has 0 aromatic heterocycles. The van der Waals surface area contributed by atoms with E-state index in [2.05, 4.69) is 6.92 Å². The lowest BCUT2D eigenvalue weighted by Gasteiger charge is -2.25. The molecule has 0 fully saturated rings. The lowest BCUT2D eigenvalue weighted by atomic mass is 10.1. The van der Waals surface area contributed by atoms with Gasteiger partial charge in [-0.05, 0) is 20.0 Å². The maximum Gasteiger partial charge on any atom is 0.321 e. The first-order valence-corrected chi connectivity index (χ1v) is 5.74. The molecule has 5 heteroatoms. The van der Waals surface area contributed by atoms with Crippen LogP contribution in [0.4, 0.5) is 0 Å². The Morgan fingerprint density at radius 2 is 2.00 bits per heavy atom. The molecule has 0 aliphatic rings. The minimum absolute atomic E-state index is 0.0639. The zero-order chi connectivity index (χ0) is 12.6. The number of hydrogen-bond acceptors (Lipinski definition) is 4. The lowest BCUT2D eigenvalue weighted by molar-refractivity contribution is -0.144. The lowest BCUT2D eigenvalue weighted by Crippen LogP contribution is -2.42. The molecule has 3 N–H and O–H groups in total. The van der Waals surface area contributed by atoms with Crippen molar-refractivity contribution in [1.82, 2.24) is 4.90 Å². The molecular formula is C11H23NO4. The SMILES string of the molecule is CCCCCN(C)C(CC(O)CO)C(=O)O. The summed E-state index contributed by atoms with van der Waals surface area (Å²) in [6.45, 7) is 2.39. The van der Waals surface area contributed by atoms with Crippen LogP contribution in [0.2, 0.25) is 0 Å². The fourth-order valence-electron chi connectivity index (χ4n) is 1.57. The van der Waals surface area contributed by atoms with Crippen molar-refractivity contribution in [2.24, 2.45) is 0 Å². The summed E-state index contributed by atoms with van der Waals surface area (Å²) in [6, 6.07) is -0.723. The van der Waals surface area contributed by atoms with E-state index in [-0.39, 0.29) is 6.42 Å². The van der Waals surface area contributed by atoms with E-state index in [1.165, 1.54) is 0 Å². The summed E-state index contributed by atoms with van der Waals surface area (Å²) in [7, 11) is 1.73. The predicted octanol–water partition coefficient (Wildman–Crippen LogP) is 0.305. The molecule has 0 heterocycles. The van der Waals surface area contributed by atoms with Gasteiger partial charge in [-0.15, -0.1) is 0 Å². The molecule has 0 aliphatic heterocycles. The molecule has 0 aliphatic carbocycles. The Hall–Kier alpha value is -0.650. The maximum absolute atomic E-state index is 11.0. The third-order valence-corrected chi connectivity index (χ3v) is 2.64. The highest BCUT2D eigenvalue weighted by Crippen LogP contribution is 2.08. The predicted molar refractivity (Wildman–Crippen MR) is 61.3 cm³/mol. The molecule has 0 saturated heterocycles. The van der Waals surface area contributed by atoms with E-state index >= 15 is 0 Å². The van der Waals surface area contributed by atoms with Gasteiger partial charge in [0, 0.05) is 6.42 Å². The fourth-order valence-corrected chi connectivity index (χ4v) is 1.57. The third-order valence-electron chi connectivity index (χ3n) is 2.64. The second-order valence-electron chi connectivity index (χ2n) is 4.11. The van der Waals surface area contributed by atoms with Gasteiger partial charge in [0.05, 0.1) is 12.7 Å². The first-order chi connectivity index (χ1) is 7.52. The van der Waals surface area contributed by atoms with Gasteiger partial charge in [0.2, 0.25) is 0 Å². The van der Waals surface area contributed by atoms with Gasteiger partial charge in [-0.1, -0.05) is 19.8 Å². The standard InChI is InChI=1S/C11H23NO4/c1-3-4-5-6-12(2)10(11(15)16)7-9(14)8-13/h9-10,13-14H,3-8H2,1-2H3,(H,15,16). The van der Waals surface area contributed by atoms with Crippen LogP contribution in [-0.2, 0) is 4.79 Å². The Kier molecular flexibility index (Phi) is 8.15. The van der Waals surface area contributed by atoms with Crippen molar-refractivity contribution in [1.29, 1.82) is 0 Å². The number of unbranched alkanes of at least 4 members (excludes halogenated alkanes) is 2. The van der Waals surface area contributed by atoms with Gasteiger partial charge in [0.25, 0.3) is 0 Å². The monoisotopic (exact) mass is 233 g/mol. The number of carboxylic acid groups (broad SMARTS) is 1. The molecule has 2 unspecified atom stereocenters. The molecule has 5 nitrogen and oxygen atoms in total. The van der Waals surface area contributed by atoms with Crippen molar-refractivity contribution in [3.05, 3.63) is 0 Å². The van der Waals surface area contributed by atoms with E-state index in [0.717, 1.165) is 19.3 Å². The van der Waals surface area contributed by atoms with Crippen LogP contribution >= 0.6 is 0 Å². The van der Waals surface area contributed by atoms with Crippen molar-refractivity contribution in [3.8, 4) is 0 Å². The number of aliphatic hydroxyl groups excluding tert-OH is 2. The van der Waals surface area contributed by atoms with E-state index in [1.54, 1.807) is 11.9 Å². The Labute approximate surface area is 96.7 Å². The number of rotatable bonds is 9. The van der Waals surface area contributed by atoms with Crippen molar-refractivity contribution in [2.75, 3.05) is 20.2 Å². The molecule has 0 bridgehead atoms. The normalized spacial score (nSPS) is 15.1. The highest BCUT2D eigenvalue weighted by molar-refractivity contribution is 5.73. The largest absolute Gasteiger partial charge is 0.480 e. The topological polar surface area (TPSA) is 81.0 Å². The van der Waals surface area contributed by atoms with Crippen LogP contribution in [-0.4, -0.2) is 58.5 Å². The van der Waals surface area contributed by atoms with Crippen LogP contribution in [0.15, 0.2) is 0 Å². The van der Waals surface area contributed by atoms with Crippen molar-refractivity contribution < 1.29 is 20.1 Å². The van der Waals surface area contributed by atoms with Gasteiger partial charge in [-0.3, -0.25) is 9.69 Å².